The Morgan fingerprint density at radius 1 is 1.60 bits per heavy atom. The Hall–Kier alpha value is -0.710. The maximum absolute atomic E-state index is 12.4. The highest BCUT2D eigenvalue weighted by Crippen LogP contribution is 2.14. The third-order valence-electron chi connectivity index (χ3n) is 1.46. The lowest BCUT2D eigenvalue weighted by Gasteiger charge is -2.05. The molecule has 2 unspecified atom stereocenters. The molecule has 58 valence electrons. The smallest absolute Gasteiger partial charge is 0.323 e. The number of carboxylic acids is 1. The fourth-order valence-corrected chi connectivity index (χ4v) is 0.897. The molecule has 5 heteroatoms. The highest BCUT2D eigenvalue weighted by Gasteiger charge is 2.40. The zero-order chi connectivity index (χ0) is 7.72. The van der Waals surface area contributed by atoms with Gasteiger partial charge in [0.1, 0.15) is 12.2 Å². The quantitative estimate of drug-likeness (QED) is 0.541. The van der Waals surface area contributed by atoms with E-state index < -0.39 is 24.4 Å². The fourth-order valence-electron chi connectivity index (χ4n) is 0.897. The van der Waals surface area contributed by atoms with Gasteiger partial charge in [-0.1, -0.05) is 0 Å². The van der Waals surface area contributed by atoms with Crippen molar-refractivity contribution in [2.45, 2.75) is 18.4 Å². The number of nitrogens with one attached hydrogen (secondary N) is 1. The Kier molecular flexibility index (Phi) is 1.85. The van der Waals surface area contributed by atoms with E-state index in [0.29, 0.717) is 0 Å². The molecular formula is C5H7F2NO2. The van der Waals surface area contributed by atoms with Crippen molar-refractivity contribution >= 4 is 5.97 Å². The molecular weight excluding hydrogens is 144 g/mol. The van der Waals surface area contributed by atoms with Gasteiger partial charge in [0.2, 0.25) is 0 Å². The van der Waals surface area contributed by atoms with Gasteiger partial charge in [-0.05, 0) is 0 Å². The van der Waals surface area contributed by atoms with Gasteiger partial charge in [-0.15, -0.1) is 0 Å². The van der Waals surface area contributed by atoms with Gasteiger partial charge >= 0.3 is 5.97 Å². The summed E-state index contributed by atoms with van der Waals surface area (Å²) in [6.07, 6.45) is -3.58. The van der Waals surface area contributed by atoms with E-state index in [2.05, 4.69) is 5.32 Å². The molecule has 0 bridgehead atoms. The van der Waals surface area contributed by atoms with Crippen LogP contribution in [0.5, 0.6) is 0 Å². The summed E-state index contributed by atoms with van der Waals surface area (Å²) in [5.74, 6) is -1.34. The van der Waals surface area contributed by atoms with Crippen LogP contribution in [0, 0.1) is 0 Å². The largest absolute Gasteiger partial charge is 0.480 e. The summed E-state index contributed by atoms with van der Waals surface area (Å²) in [4.78, 5) is 10.1. The molecule has 1 aliphatic heterocycles. The molecule has 2 N–H and O–H groups in total. The monoisotopic (exact) mass is 151 g/mol. The normalized spacial score (nSPS) is 40.0. The summed E-state index contributed by atoms with van der Waals surface area (Å²) in [7, 11) is 0. The Balaban J connectivity index is 2.57. The van der Waals surface area contributed by atoms with Crippen molar-refractivity contribution in [1.29, 1.82) is 0 Å². The molecule has 1 saturated heterocycles. The number of halogens is 2. The highest BCUT2D eigenvalue weighted by molar-refractivity contribution is 5.74. The lowest BCUT2D eigenvalue weighted by Crippen LogP contribution is -2.37. The number of alkyl halides is 2. The van der Waals surface area contributed by atoms with Crippen molar-refractivity contribution in [3.63, 3.8) is 0 Å². The first-order valence-corrected chi connectivity index (χ1v) is 2.87. The first-order chi connectivity index (χ1) is 4.63. The molecule has 0 aromatic heterocycles. The average Bonchev–Trinajstić information content (AvgIpc) is 2.14. The van der Waals surface area contributed by atoms with Crippen LogP contribution in [0.1, 0.15) is 0 Å². The van der Waals surface area contributed by atoms with Crippen molar-refractivity contribution in [2.24, 2.45) is 0 Å². The van der Waals surface area contributed by atoms with Crippen molar-refractivity contribution in [3.8, 4) is 0 Å². The standard InChI is InChI=1S/C5H7F2NO2/c6-2-1-8-4(3(2)7)5(9)10/h2-4,8H,1H2,(H,9,10)/t2?,3?,4-/m0/s1. The minimum atomic E-state index is -1.91. The maximum Gasteiger partial charge on any atom is 0.323 e. The number of aliphatic carboxylic acids is 1. The van der Waals surface area contributed by atoms with Crippen molar-refractivity contribution in [2.75, 3.05) is 6.54 Å². The summed E-state index contributed by atoms with van der Waals surface area (Å²) < 4.78 is 24.6. The minimum Gasteiger partial charge on any atom is -0.480 e. The zero-order valence-corrected chi connectivity index (χ0v) is 5.05. The van der Waals surface area contributed by atoms with E-state index in [4.69, 9.17) is 5.11 Å². The van der Waals surface area contributed by atoms with Crippen LogP contribution in [0.2, 0.25) is 0 Å². The van der Waals surface area contributed by atoms with Gasteiger partial charge < -0.3 is 5.11 Å². The van der Waals surface area contributed by atoms with Crippen LogP contribution in [-0.4, -0.2) is 36.0 Å². The number of hydrogen-bond acceptors (Lipinski definition) is 2. The third-order valence-corrected chi connectivity index (χ3v) is 1.46. The van der Waals surface area contributed by atoms with Crippen molar-refractivity contribution in [3.05, 3.63) is 0 Å². The van der Waals surface area contributed by atoms with Gasteiger partial charge in [0.05, 0.1) is 0 Å². The second-order valence-corrected chi connectivity index (χ2v) is 2.18. The summed E-state index contributed by atoms with van der Waals surface area (Å²) in [6, 6.07) is -1.37. The van der Waals surface area contributed by atoms with E-state index in [1.165, 1.54) is 0 Å². The lowest BCUT2D eigenvalue weighted by molar-refractivity contribution is -0.140. The fraction of sp³-hybridized carbons (Fsp3) is 0.800. The molecule has 0 spiro atoms. The lowest BCUT2D eigenvalue weighted by atomic mass is 10.2. The van der Waals surface area contributed by atoms with E-state index in [9.17, 15) is 13.6 Å². The second-order valence-electron chi connectivity index (χ2n) is 2.18. The van der Waals surface area contributed by atoms with Crippen molar-refractivity contribution < 1.29 is 18.7 Å². The summed E-state index contributed by atoms with van der Waals surface area (Å²) in [6.45, 7) is -0.210. The zero-order valence-electron chi connectivity index (χ0n) is 5.05. The summed E-state index contributed by atoms with van der Waals surface area (Å²) >= 11 is 0. The van der Waals surface area contributed by atoms with Crippen LogP contribution in [0.3, 0.4) is 0 Å². The summed E-state index contributed by atoms with van der Waals surface area (Å²) in [5.41, 5.74) is 0. The number of carbonyl (C=O) groups is 1. The minimum absolute atomic E-state index is 0.210. The molecule has 0 amide bonds. The van der Waals surface area contributed by atoms with Gasteiger partial charge in [-0.25, -0.2) is 8.78 Å². The molecule has 3 atom stereocenters. The Morgan fingerprint density at radius 2 is 2.20 bits per heavy atom. The molecule has 0 saturated carbocycles. The predicted molar refractivity (Wildman–Crippen MR) is 29.2 cm³/mol. The number of carboxylic acid groups (broad SMARTS) is 1. The average molecular weight is 151 g/mol. The molecule has 1 aliphatic rings. The third kappa shape index (κ3) is 1.09. The van der Waals surface area contributed by atoms with Gasteiger partial charge in [-0.3, -0.25) is 10.1 Å². The van der Waals surface area contributed by atoms with Gasteiger partial charge in [0.25, 0.3) is 0 Å². The predicted octanol–water partition coefficient (Wildman–Crippen LogP) is -0.281. The van der Waals surface area contributed by atoms with Crippen LogP contribution >= 0.6 is 0 Å². The van der Waals surface area contributed by atoms with Gasteiger partial charge in [0, 0.05) is 6.54 Å². The molecule has 3 nitrogen and oxygen atoms in total. The molecule has 1 rings (SSSR count). The molecule has 1 fully saturated rings. The van der Waals surface area contributed by atoms with E-state index in [1.54, 1.807) is 0 Å². The van der Waals surface area contributed by atoms with Gasteiger partial charge in [0.15, 0.2) is 6.17 Å². The first-order valence-electron chi connectivity index (χ1n) is 2.87. The second kappa shape index (κ2) is 2.49. The number of rotatable bonds is 1. The van der Waals surface area contributed by atoms with Crippen LogP contribution in [0.4, 0.5) is 8.78 Å². The van der Waals surface area contributed by atoms with Crippen LogP contribution < -0.4 is 5.32 Å². The number of hydrogen-bond donors (Lipinski definition) is 2. The van der Waals surface area contributed by atoms with E-state index in [1.807, 2.05) is 0 Å². The Labute approximate surface area is 56.0 Å². The van der Waals surface area contributed by atoms with E-state index in [0.717, 1.165) is 0 Å². The Bertz CT molecular complexity index is 153. The van der Waals surface area contributed by atoms with Crippen LogP contribution in [0.25, 0.3) is 0 Å². The molecule has 0 aromatic carbocycles. The molecule has 0 aromatic rings. The maximum atomic E-state index is 12.4. The van der Waals surface area contributed by atoms with E-state index >= 15 is 0 Å². The highest BCUT2D eigenvalue weighted by atomic mass is 19.2. The van der Waals surface area contributed by atoms with Crippen LogP contribution in [0.15, 0.2) is 0 Å². The van der Waals surface area contributed by atoms with Crippen molar-refractivity contribution in [1.82, 2.24) is 5.32 Å². The van der Waals surface area contributed by atoms with Gasteiger partial charge in [-0.2, -0.15) is 0 Å². The molecule has 10 heavy (non-hydrogen) atoms. The first kappa shape index (κ1) is 7.40. The summed E-state index contributed by atoms with van der Waals surface area (Å²) in [5, 5.41) is 10.4. The molecule has 0 aliphatic carbocycles. The Morgan fingerprint density at radius 3 is 2.40 bits per heavy atom. The molecule has 1 heterocycles. The topological polar surface area (TPSA) is 49.3 Å². The SMILES string of the molecule is O=C(O)[C@H]1NCC(F)C1F. The molecule has 0 radical (unpaired) electrons. The van der Waals surface area contributed by atoms with E-state index in [-0.39, 0.29) is 6.54 Å². The van der Waals surface area contributed by atoms with Crippen LogP contribution in [-0.2, 0) is 4.79 Å².